The molecule has 2 heterocycles. The van der Waals surface area contributed by atoms with E-state index in [1.807, 2.05) is 66.9 Å². The van der Waals surface area contributed by atoms with E-state index in [1.54, 1.807) is 0 Å². The second kappa shape index (κ2) is 8.08. The maximum atomic E-state index is 12.9. The Morgan fingerprint density at radius 1 is 1.14 bits per heavy atom. The Balaban J connectivity index is 1.51. The van der Waals surface area contributed by atoms with Gasteiger partial charge in [0, 0.05) is 16.7 Å². The first-order valence-corrected chi connectivity index (χ1v) is 10.7. The lowest BCUT2D eigenvalue weighted by Crippen LogP contribution is -2.29. The van der Waals surface area contributed by atoms with Crippen molar-refractivity contribution >= 4 is 33.3 Å². The smallest absolute Gasteiger partial charge is 0.282 e. The zero-order valence-corrected chi connectivity index (χ0v) is 16.9. The van der Waals surface area contributed by atoms with Crippen molar-refractivity contribution in [3.63, 3.8) is 0 Å². The number of rotatable bonds is 6. The Kier molecular flexibility index (Phi) is 5.36. The molecule has 0 radical (unpaired) electrons. The van der Waals surface area contributed by atoms with Crippen LogP contribution in [0.15, 0.2) is 69.9 Å². The van der Waals surface area contributed by atoms with Crippen LogP contribution in [-0.2, 0) is 0 Å². The highest BCUT2D eigenvalue weighted by atomic mass is 32.2. The van der Waals surface area contributed by atoms with E-state index in [0.717, 1.165) is 21.6 Å². The number of hydrogen-bond acceptors (Lipinski definition) is 6. The summed E-state index contributed by atoms with van der Waals surface area (Å²) in [4.78, 5) is 18.2. The molecule has 0 fully saturated rings. The lowest BCUT2D eigenvalue weighted by molar-refractivity contribution is 0.344. The summed E-state index contributed by atoms with van der Waals surface area (Å²) in [5.74, 6) is 7.51. The molecule has 0 aliphatic carbocycles. The molecule has 28 heavy (non-hydrogen) atoms. The van der Waals surface area contributed by atoms with Crippen molar-refractivity contribution < 1.29 is 4.74 Å². The Bertz CT molecular complexity index is 1150. The summed E-state index contributed by atoms with van der Waals surface area (Å²) in [7, 11) is 0. The number of hydrogen-bond donors (Lipinski definition) is 1. The van der Waals surface area contributed by atoms with Gasteiger partial charge in [-0.15, -0.1) is 11.3 Å². The van der Waals surface area contributed by atoms with Crippen LogP contribution in [0.1, 0.15) is 5.56 Å². The SMILES string of the molecule is Cc1ccc(OCCSc2nc3scc(-c4ccccc4)c3c(=O)n2N)cc1. The fourth-order valence-electron chi connectivity index (χ4n) is 2.84. The first-order chi connectivity index (χ1) is 13.6. The van der Waals surface area contributed by atoms with E-state index >= 15 is 0 Å². The van der Waals surface area contributed by atoms with Crippen molar-refractivity contribution in [2.45, 2.75) is 12.1 Å². The van der Waals surface area contributed by atoms with E-state index in [1.165, 1.54) is 28.7 Å². The summed E-state index contributed by atoms with van der Waals surface area (Å²) in [5, 5.41) is 3.02. The standard InChI is InChI=1S/C21H19N3O2S2/c1-14-7-9-16(10-8-14)26-11-12-27-21-23-19-18(20(25)24(21)22)17(13-28-19)15-5-3-2-4-6-15/h2-10,13H,11-12,22H2,1H3. The first kappa shape index (κ1) is 18.6. The highest BCUT2D eigenvalue weighted by molar-refractivity contribution is 7.99. The molecule has 0 saturated carbocycles. The molecule has 4 rings (SSSR count). The van der Waals surface area contributed by atoms with Crippen LogP contribution < -0.4 is 16.1 Å². The fourth-order valence-corrected chi connectivity index (χ4v) is 4.57. The highest BCUT2D eigenvalue weighted by Crippen LogP contribution is 2.31. The number of nitrogen functional groups attached to an aromatic ring is 1. The molecule has 2 N–H and O–H groups in total. The maximum Gasteiger partial charge on any atom is 0.282 e. The molecule has 7 heteroatoms. The van der Waals surface area contributed by atoms with Crippen molar-refractivity contribution in [1.82, 2.24) is 9.66 Å². The number of thiophene rings is 1. The van der Waals surface area contributed by atoms with E-state index in [9.17, 15) is 4.79 Å². The van der Waals surface area contributed by atoms with Crippen LogP contribution in [0.2, 0.25) is 0 Å². The zero-order chi connectivity index (χ0) is 19.5. The predicted octanol–water partition coefficient (Wildman–Crippen LogP) is 4.32. The molecule has 0 bridgehead atoms. The molecule has 142 valence electrons. The Morgan fingerprint density at radius 2 is 1.89 bits per heavy atom. The van der Waals surface area contributed by atoms with Gasteiger partial charge in [-0.1, -0.05) is 59.8 Å². The van der Waals surface area contributed by atoms with E-state index in [-0.39, 0.29) is 5.56 Å². The van der Waals surface area contributed by atoms with Gasteiger partial charge in [0.05, 0.1) is 12.0 Å². The second-order valence-corrected chi connectivity index (χ2v) is 8.20. The van der Waals surface area contributed by atoms with Crippen molar-refractivity contribution in [3.8, 4) is 16.9 Å². The summed E-state index contributed by atoms with van der Waals surface area (Å²) in [6, 6.07) is 17.7. The number of thioether (sulfide) groups is 1. The maximum absolute atomic E-state index is 12.9. The quantitative estimate of drug-likeness (QED) is 0.222. The minimum Gasteiger partial charge on any atom is -0.493 e. The summed E-state index contributed by atoms with van der Waals surface area (Å²) in [5.41, 5.74) is 2.82. The normalized spacial score (nSPS) is 11.0. The molecule has 0 saturated heterocycles. The Morgan fingerprint density at radius 3 is 2.64 bits per heavy atom. The molecule has 0 aliphatic rings. The number of aryl methyl sites for hydroxylation is 1. The van der Waals surface area contributed by atoms with Gasteiger partial charge in [0.25, 0.3) is 5.56 Å². The van der Waals surface area contributed by atoms with Gasteiger partial charge in [0.15, 0.2) is 5.16 Å². The third-order valence-electron chi connectivity index (χ3n) is 4.30. The molecule has 2 aromatic heterocycles. The van der Waals surface area contributed by atoms with Crippen molar-refractivity contribution in [1.29, 1.82) is 0 Å². The Hall–Kier alpha value is -2.77. The van der Waals surface area contributed by atoms with Gasteiger partial charge in [0.2, 0.25) is 0 Å². The number of ether oxygens (including phenoxy) is 1. The molecule has 5 nitrogen and oxygen atoms in total. The van der Waals surface area contributed by atoms with Crippen LogP contribution in [0.25, 0.3) is 21.3 Å². The first-order valence-electron chi connectivity index (χ1n) is 8.80. The average Bonchev–Trinajstić information content (AvgIpc) is 3.15. The zero-order valence-electron chi connectivity index (χ0n) is 15.3. The molecule has 0 spiro atoms. The molecule has 4 aromatic rings. The summed E-state index contributed by atoms with van der Waals surface area (Å²) in [6.45, 7) is 2.54. The monoisotopic (exact) mass is 409 g/mol. The molecule has 2 aromatic carbocycles. The third kappa shape index (κ3) is 3.76. The van der Waals surface area contributed by atoms with Crippen LogP contribution in [0, 0.1) is 6.92 Å². The highest BCUT2D eigenvalue weighted by Gasteiger charge is 2.16. The van der Waals surface area contributed by atoms with E-state index < -0.39 is 0 Å². The van der Waals surface area contributed by atoms with Crippen LogP contribution in [0.3, 0.4) is 0 Å². The second-order valence-electron chi connectivity index (χ2n) is 6.28. The molecule has 0 atom stereocenters. The largest absolute Gasteiger partial charge is 0.493 e. The fraction of sp³-hybridized carbons (Fsp3) is 0.143. The van der Waals surface area contributed by atoms with Gasteiger partial charge in [-0.3, -0.25) is 4.79 Å². The molecule has 0 aliphatic heterocycles. The van der Waals surface area contributed by atoms with Gasteiger partial charge in [0.1, 0.15) is 10.6 Å². The van der Waals surface area contributed by atoms with Gasteiger partial charge >= 0.3 is 0 Å². The number of nitrogens with two attached hydrogens (primary N) is 1. The van der Waals surface area contributed by atoms with Crippen molar-refractivity contribution in [3.05, 3.63) is 75.9 Å². The lowest BCUT2D eigenvalue weighted by Gasteiger charge is -2.09. The summed E-state index contributed by atoms with van der Waals surface area (Å²) in [6.07, 6.45) is 0. The van der Waals surface area contributed by atoms with E-state index in [4.69, 9.17) is 10.6 Å². The molecule has 0 amide bonds. The van der Waals surface area contributed by atoms with Crippen LogP contribution in [-0.4, -0.2) is 22.0 Å². The summed E-state index contributed by atoms with van der Waals surface area (Å²) < 4.78 is 6.86. The van der Waals surface area contributed by atoms with Crippen molar-refractivity contribution in [2.24, 2.45) is 0 Å². The third-order valence-corrected chi connectivity index (χ3v) is 6.09. The number of benzene rings is 2. The van der Waals surface area contributed by atoms with Gasteiger partial charge in [-0.2, -0.15) is 0 Å². The van der Waals surface area contributed by atoms with Gasteiger partial charge < -0.3 is 10.6 Å². The average molecular weight is 410 g/mol. The van der Waals surface area contributed by atoms with Gasteiger partial charge in [-0.25, -0.2) is 9.66 Å². The lowest BCUT2D eigenvalue weighted by atomic mass is 10.1. The molecular formula is C21H19N3O2S2. The van der Waals surface area contributed by atoms with Crippen LogP contribution >= 0.6 is 23.1 Å². The number of nitrogens with zero attached hydrogens (tertiary/aromatic N) is 2. The number of fused-ring (bicyclic) bond motifs is 1. The van der Waals surface area contributed by atoms with Crippen LogP contribution in [0.4, 0.5) is 0 Å². The molecular weight excluding hydrogens is 390 g/mol. The Labute approximate surface area is 170 Å². The van der Waals surface area contributed by atoms with E-state index in [0.29, 0.717) is 27.7 Å². The van der Waals surface area contributed by atoms with Crippen LogP contribution in [0.5, 0.6) is 5.75 Å². The predicted molar refractivity (Wildman–Crippen MR) is 117 cm³/mol. The minimum absolute atomic E-state index is 0.230. The topological polar surface area (TPSA) is 70.1 Å². The van der Waals surface area contributed by atoms with E-state index in [2.05, 4.69) is 4.98 Å². The summed E-state index contributed by atoms with van der Waals surface area (Å²) >= 11 is 2.87. The van der Waals surface area contributed by atoms with Crippen molar-refractivity contribution in [2.75, 3.05) is 18.2 Å². The van der Waals surface area contributed by atoms with Gasteiger partial charge in [-0.05, 0) is 24.6 Å². The minimum atomic E-state index is -0.230. The molecule has 0 unspecified atom stereocenters. The number of aromatic nitrogens is 2.